The molecular formula is C24H31N3O3. The molecule has 4 rings (SSSR count). The molecule has 0 aromatic heterocycles. The number of fused-ring (bicyclic) bond motifs is 1. The molecule has 2 amide bonds. The van der Waals surface area contributed by atoms with Crippen molar-refractivity contribution in [2.45, 2.75) is 32.8 Å². The van der Waals surface area contributed by atoms with Gasteiger partial charge in [-0.3, -0.25) is 14.5 Å². The molecule has 0 unspecified atom stereocenters. The number of rotatable bonds is 7. The lowest BCUT2D eigenvalue weighted by molar-refractivity contribution is -0.117. The number of morpholine rings is 1. The molecule has 2 N–H and O–H groups in total. The highest BCUT2D eigenvalue weighted by atomic mass is 16.5. The minimum absolute atomic E-state index is 0.000674. The lowest BCUT2D eigenvalue weighted by atomic mass is 10.0. The fourth-order valence-corrected chi connectivity index (χ4v) is 4.00. The van der Waals surface area contributed by atoms with E-state index in [2.05, 4.69) is 29.4 Å². The molecule has 0 bridgehead atoms. The van der Waals surface area contributed by atoms with Crippen LogP contribution in [0.25, 0.3) is 10.8 Å². The van der Waals surface area contributed by atoms with E-state index in [1.165, 1.54) is 0 Å². The van der Waals surface area contributed by atoms with Crippen molar-refractivity contribution in [1.82, 2.24) is 10.2 Å². The minimum Gasteiger partial charge on any atom is -0.374 e. The molecule has 1 atom stereocenters. The summed E-state index contributed by atoms with van der Waals surface area (Å²) in [5, 5.41) is 7.97. The predicted molar refractivity (Wildman–Crippen MR) is 119 cm³/mol. The second-order valence-electron chi connectivity index (χ2n) is 8.86. The molecule has 2 aromatic rings. The Labute approximate surface area is 178 Å². The Balaban J connectivity index is 1.46. The average Bonchev–Trinajstić information content (AvgIpc) is 3.57. The van der Waals surface area contributed by atoms with Gasteiger partial charge in [-0.2, -0.15) is 0 Å². The number of ether oxygens (including phenoxy) is 1. The van der Waals surface area contributed by atoms with Gasteiger partial charge >= 0.3 is 0 Å². The van der Waals surface area contributed by atoms with Crippen LogP contribution in [0.5, 0.6) is 0 Å². The Morgan fingerprint density at radius 1 is 1.17 bits per heavy atom. The molecule has 30 heavy (non-hydrogen) atoms. The summed E-state index contributed by atoms with van der Waals surface area (Å²) in [6, 6.07) is 11.6. The normalized spacial score (nSPS) is 19.8. The molecule has 2 aromatic carbocycles. The van der Waals surface area contributed by atoms with Crippen LogP contribution in [-0.2, 0) is 9.53 Å². The first-order chi connectivity index (χ1) is 14.5. The monoisotopic (exact) mass is 409 g/mol. The fourth-order valence-electron chi connectivity index (χ4n) is 4.00. The van der Waals surface area contributed by atoms with Crippen LogP contribution < -0.4 is 10.6 Å². The fraction of sp³-hybridized carbons (Fsp3) is 0.500. The molecule has 1 saturated carbocycles. The van der Waals surface area contributed by atoms with Crippen LogP contribution in [0.15, 0.2) is 36.4 Å². The van der Waals surface area contributed by atoms with Gasteiger partial charge in [0.25, 0.3) is 5.91 Å². The first kappa shape index (κ1) is 20.8. The molecule has 6 nitrogen and oxygen atoms in total. The number of anilines is 1. The van der Waals surface area contributed by atoms with Crippen molar-refractivity contribution in [3.05, 3.63) is 42.0 Å². The summed E-state index contributed by atoms with van der Waals surface area (Å²) in [5.74, 6) is 0.499. The van der Waals surface area contributed by atoms with E-state index in [9.17, 15) is 9.59 Å². The highest BCUT2D eigenvalue weighted by molar-refractivity contribution is 6.08. The Kier molecular flexibility index (Phi) is 6.35. The smallest absolute Gasteiger partial charge is 0.253 e. The summed E-state index contributed by atoms with van der Waals surface area (Å²) in [7, 11) is 0. The Morgan fingerprint density at radius 3 is 2.60 bits per heavy atom. The second kappa shape index (κ2) is 9.14. The Morgan fingerprint density at radius 2 is 1.90 bits per heavy atom. The molecule has 1 heterocycles. The van der Waals surface area contributed by atoms with Gasteiger partial charge in [0.15, 0.2) is 0 Å². The van der Waals surface area contributed by atoms with E-state index in [1.54, 1.807) is 0 Å². The molecule has 2 aliphatic rings. The van der Waals surface area contributed by atoms with Crippen molar-refractivity contribution in [2.24, 2.45) is 11.8 Å². The van der Waals surface area contributed by atoms with Gasteiger partial charge in [-0.25, -0.2) is 0 Å². The molecule has 0 spiro atoms. The minimum atomic E-state index is -0.184. The van der Waals surface area contributed by atoms with Gasteiger partial charge in [-0.05, 0) is 41.7 Å². The van der Waals surface area contributed by atoms with E-state index in [1.807, 2.05) is 36.4 Å². The van der Waals surface area contributed by atoms with Crippen molar-refractivity contribution < 1.29 is 14.3 Å². The molecular weight excluding hydrogens is 378 g/mol. The predicted octanol–water partition coefficient (Wildman–Crippen LogP) is 3.27. The number of hydrogen-bond donors (Lipinski definition) is 2. The number of carbonyl (C=O) groups is 2. The number of hydrogen-bond acceptors (Lipinski definition) is 4. The van der Waals surface area contributed by atoms with Crippen molar-refractivity contribution in [1.29, 1.82) is 0 Å². The van der Waals surface area contributed by atoms with Gasteiger partial charge in [0, 0.05) is 32.1 Å². The third kappa shape index (κ3) is 5.18. The van der Waals surface area contributed by atoms with Crippen LogP contribution in [0.1, 0.15) is 37.0 Å². The Bertz CT molecular complexity index is 923. The molecule has 0 radical (unpaired) electrons. The zero-order chi connectivity index (χ0) is 21.1. The summed E-state index contributed by atoms with van der Waals surface area (Å²) in [5.41, 5.74) is 1.08. The van der Waals surface area contributed by atoms with Crippen molar-refractivity contribution in [3.63, 3.8) is 0 Å². The van der Waals surface area contributed by atoms with Crippen LogP contribution in [0.3, 0.4) is 0 Å². The maximum Gasteiger partial charge on any atom is 0.253 e. The number of benzene rings is 2. The standard InChI is InChI=1S/C24H31N3O3/c1-16(2)14-27-9-10-30-20(15-27)13-25-24(29)21-11-18-5-3-4-6-19(18)12-22(21)26-23(28)17-7-8-17/h3-6,11-12,16-17,20H,7-10,13-15H2,1-2H3,(H,25,29)(H,26,28)/t20-/m1/s1. The van der Waals surface area contributed by atoms with Crippen LogP contribution in [0.4, 0.5) is 5.69 Å². The largest absolute Gasteiger partial charge is 0.374 e. The molecule has 1 aliphatic carbocycles. The molecule has 6 heteroatoms. The van der Waals surface area contributed by atoms with E-state index < -0.39 is 0 Å². The molecule has 1 saturated heterocycles. The molecule has 1 aliphatic heterocycles. The van der Waals surface area contributed by atoms with E-state index in [0.29, 0.717) is 30.3 Å². The van der Waals surface area contributed by atoms with Crippen molar-refractivity contribution >= 4 is 28.3 Å². The maximum atomic E-state index is 13.0. The zero-order valence-corrected chi connectivity index (χ0v) is 17.8. The van der Waals surface area contributed by atoms with E-state index in [-0.39, 0.29) is 23.8 Å². The first-order valence-electron chi connectivity index (χ1n) is 11.0. The molecule has 2 fully saturated rings. The van der Waals surface area contributed by atoms with Crippen molar-refractivity contribution in [3.8, 4) is 0 Å². The topological polar surface area (TPSA) is 70.7 Å². The number of carbonyl (C=O) groups excluding carboxylic acids is 2. The third-order valence-corrected chi connectivity index (χ3v) is 5.67. The zero-order valence-electron chi connectivity index (χ0n) is 17.8. The number of amides is 2. The van der Waals surface area contributed by atoms with Gasteiger partial charge < -0.3 is 15.4 Å². The van der Waals surface area contributed by atoms with Crippen LogP contribution >= 0.6 is 0 Å². The van der Waals surface area contributed by atoms with E-state index in [0.717, 1.165) is 43.2 Å². The summed E-state index contributed by atoms with van der Waals surface area (Å²) in [6.45, 7) is 8.36. The van der Waals surface area contributed by atoms with Crippen LogP contribution in [0, 0.1) is 11.8 Å². The summed E-state index contributed by atoms with van der Waals surface area (Å²) >= 11 is 0. The molecule has 160 valence electrons. The Hall–Kier alpha value is -2.44. The quantitative estimate of drug-likeness (QED) is 0.736. The highest BCUT2D eigenvalue weighted by Gasteiger charge is 2.30. The average molecular weight is 410 g/mol. The maximum absolute atomic E-state index is 13.0. The van der Waals surface area contributed by atoms with Gasteiger partial charge in [0.05, 0.1) is 24.0 Å². The van der Waals surface area contributed by atoms with E-state index in [4.69, 9.17) is 4.74 Å². The lowest BCUT2D eigenvalue weighted by Crippen LogP contribution is -2.48. The van der Waals surface area contributed by atoms with Crippen molar-refractivity contribution in [2.75, 3.05) is 38.1 Å². The number of nitrogens with zero attached hydrogens (tertiary/aromatic N) is 1. The van der Waals surface area contributed by atoms with Crippen LogP contribution in [0.2, 0.25) is 0 Å². The van der Waals surface area contributed by atoms with Gasteiger partial charge in [-0.15, -0.1) is 0 Å². The summed E-state index contributed by atoms with van der Waals surface area (Å²) in [4.78, 5) is 27.8. The number of nitrogens with one attached hydrogen (secondary N) is 2. The van der Waals surface area contributed by atoms with E-state index >= 15 is 0 Å². The van der Waals surface area contributed by atoms with Gasteiger partial charge in [-0.1, -0.05) is 38.1 Å². The summed E-state index contributed by atoms with van der Waals surface area (Å²) in [6.07, 6.45) is 1.83. The lowest BCUT2D eigenvalue weighted by Gasteiger charge is -2.34. The first-order valence-corrected chi connectivity index (χ1v) is 11.0. The van der Waals surface area contributed by atoms with Crippen LogP contribution in [-0.4, -0.2) is 55.6 Å². The third-order valence-electron chi connectivity index (χ3n) is 5.67. The van der Waals surface area contributed by atoms with Gasteiger partial charge in [0.1, 0.15) is 0 Å². The SMILES string of the molecule is CC(C)CN1CCO[C@H](CNC(=O)c2cc3ccccc3cc2NC(=O)C2CC2)C1. The second-order valence-corrected chi connectivity index (χ2v) is 8.86. The highest BCUT2D eigenvalue weighted by Crippen LogP contribution is 2.32. The van der Waals surface area contributed by atoms with Gasteiger partial charge in [0.2, 0.25) is 5.91 Å². The summed E-state index contributed by atoms with van der Waals surface area (Å²) < 4.78 is 5.85.